The number of pyridine rings is 1. The second-order valence-electron chi connectivity index (χ2n) is 4.04. The molecule has 0 fully saturated rings. The zero-order chi connectivity index (χ0) is 13.0. The van der Waals surface area contributed by atoms with Crippen molar-refractivity contribution in [3.8, 4) is 11.6 Å². The molecule has 1 heterocycles. The van der Waals surface area contributed by atoms with Crippen molar-refractivity contribution >= 4 is 12.0 Å². The first kappa shape index (κ1) is 12.1. The van der Waals surface area contributed by atoms with E-state index in [1.54, 1.807) is 12.1 Å². The third kappa shape index (κ3) is 2.85. The summed E-state index contributed by atoms with van der Waals surface area (Å²) in [6.07, 6.45) is 2.24. The molecule has 0 amide bonds. The Hall–Kier alpha value is -2.36. The van der Waals surface area contributed by atoms with Crippen molar-refractivity contribution in [2.45, 2.75) is 0 Å². The molecule has 0 bridgehead atoms. The Balaban J connectivity index is 2.17. The lowest BCUT2D eigenvalue weighted by Crippen LogP contribution is -2.08. The lowest BCUT2D eigenvalue weighted by molar-refractivity contribution is 0.112. The van der Waals surface area contributed by atoms with E-state index in [0.29, 0.717) is 17.2 Å². The molecule has 0 saturated carbocycles. The van der Waals surface area contributed by atoms with Gasteiger partial charge in [-0.15, -0.1) is 0 Å². The van der Waals surface area contributed by atoms with Gasteiger partial charge in [-0.1, -0.05) is 6.07 Å². The zero-order valence-electron chi connectivity index (χ0n) is 10.3. The summed E-state index contributed by atoms with van der Waals surface area (Å²) in [5.41, 5.74) is 1.58. The molecule has 92 valence electrons. The van der Waals surface area contributed by atoms with Crippen LogP contribution in [0.25, 0.3) is 0 Å². The van der Waals surface area contributed by atoms with Gasteiger partial charge in [0.1, 0.15) is 5.75 Å². The van der Waals surface area contributed by atoms with E-state index >= 15 is 0 Å². The molecule has 0 aliphatic heterocycles. The normalized spacial score (nSPS) is 9.89. The highest BCUT2D eigenvalue weighted by molar-refractivity contribution is 5.74. The van der Waals surface area contributed by atoms with E-state index in [4.69, 9.17) is 4.74 Å². The van der Waals surface area contributed by atoms with Crippen molar-refractivity contribution in [1.29, 1.82) is 0 Å². The smallest absolute Gasteiger partial charge is 0.219 e. The molecular weight excluding hydrogens is 228 g/mol. The molecular formula is C14H14N2O2. The van der Waals surface area contributed by atoms with E-state index in [-0.39, 0.29) is 0 Å². The quantitative estimate of drug-likeness (QED) is 0.773. The summed E-state index contributed by atoms with van der Waals surface area (Å²) in [7, 11) is 3.94. The molecule has 2 aromatic rings. The van der Waals surface area contributed by atoms with Gasteiger partial charge in [-0.3, -0.25) is 4.79 Å². The minimum atomic E-state index is 0.469. The predicted molar refractivity (Wildman–Crippen MR) is 70.5 cm³/mol. The Kier molecular flexibility index (Phi) is 3.57. The van der Waals surface area contributed by atoms with Crippen LogP contribution in [0.4, 0.5) is 5.69 Å². The van der Waals surface area contributed by atoms with Gasteiger partial charge in [0.15, 0.2) is 6.29 Å². The standard InChI is InChI=1S/C14H14N2O2/c1-16(2)12-4-3-5-13(8-12)18-14-7-6-11(10-17)9-15-14/h3-10H,1-2H3. The minimum absolute atomic E-state index is 0.469. The highest BCUT2D eigenvalue weighted by atomic mass is 16.5. The van der Waals surface area contributed by atoms with Gasteiger partial charge >= 0.3 is 0 Å². The average molecular weight is 242 g/mol. The Morgan fingerprint density at radius 2 is 2.06 bits per heavy atom. The Morgan fingerprint density at radius 3 is 2.67 bits per heavy atom. The highest BCUT2D eigenvalue weighted by Crippen LogP contribution is 2.23. The number of aldehydes is 1. The third-order valence-corrected chi connectivity index (χ3v) is 2.45. The maximum absolute atomic E-state index is 10.5. The SMILES string of the molecule is CN(C)c1cccc(Oc2ccc(C=O)cn2)c1. The van der Waals surface area contributed by atoms with E-state index in [1.165, 1.54) is 6.20 Å². The molecule has 0 saturated heterocycles. The molecule has 1 aromatic carbocycles. The largest absolute Gasteiger partial charge is 0.439 e. The van der Waals surface area contributed by atoms with Crippen LogP contribution in [-0.2, 0) is 0 Å². The van der Waals surface area contributed by atoms with Crippen LogP contribution in [0.2, 0.25) is 0 Å². The van der Waals surface area contributed by atoms with Crippen LogP contribution in [0, 0.1) is 0 Å². The number of nitrogens with zero attached hydrogens (tertiary/aromatic N) is 2. The number of benzene rings is 1. The van der Waals surface area contributed by atoms with Crippen LogP contribution in [0.3, 0.4) is 0 Å². The molecule has 0 radical (unpaired) electrons. The van der Waals surface area contributed by atoms with Crippen LogP contribution in [0.1, 0.15) is 10.4 Å². The third-order valence-electron chi connectivity index (χ3n) is 2.45. The summed E-state index contributed by atoms with van der Waals surface area (Å²) in [4.78, 5) is 16.6. The predicted octanol–water partition coefficient (Wildman–Crippen LogP) is 2.75. The number of ether oxygens (including phenoxy) is 1. The Morgan fingerprint density at radius 1 is 1.22 bits per heavy atom. The summed E-state index contributed by atoms with van der Waals surface area (Å²) in [5.74, 6) is 1.18. The van der Waals surface area contributed by atoms with E-state index in [1.807, 2.05) is 43.3 Å². The fraction of sp³-hybridized carbons (Fsp3) is 0.143. The van der Waals surface area contributed by atoms with Gasteiger partial charge in [0.2, 0.25) is 5.88 Å². The van der Waals surface area contributed by atoms with Gasteiger partial charge < -0.3 is 9.64 Å². The molecule has 0 unspecified atom stereocenters. The van der Waals surface area contributed by atoms with Crippen molar-refractivity contribution in [3.05, 3.63) is 48.2 Å². The first-order valence-electron chi connectivity index (χ1n) is 5.55. The molecule has 0 spiro atoms. The van der Waals surface area contributed by atoms with Crippen molar-refractivity contribution in [2.75, 3.05) is 19.0 Å². The van der Waals surface area contributed by atoms with Gasteiger partial charge in [0.25, 0.3) is 0 Å². The van der Waals surface area contributed by atoms with Gasteiger partial charge in [0.05, 0.1) is 0 Å². The average Bonchev–Trinajstić information content (AvgIpc) is 2.40. The number of rotatable bonds is 4. The number of anilines is 1. The van der Waals surface area contributed by atoms with Crippen LogP contribution >= 0.6 is 0 Å². The first-order chi connectivity index (χ1) is 8.69. The molecule has 18 heavy (non-hydrogen) atoms. The summed E-state index contributed by atoms with van der Waals surface area (Å²) in [6.45, 7) is 0. The number of hydrogen-bond donors (Lipinski definition) is 0. The van der Waals surface area contributed by atoms with Crippen molar-refractivity contribution in [2.24, 2.45) is 0 Å². The highest BCUT2D eigenvalue weighted by Gasteiger charge is 2.01. The zero-order valence-corrected chi connectivity index (χ0v) is 10.3. The van der Waals surface area contributed by atoms with Crippen LogP contribution in [0.5, 0.6) is 11.6 Å². The van der Waals surface area contributed by atoms with Crippen molar-refractivity contribution < 1.29 is 9.53 Å². The van der Waals surface area contributed by atoms with Crippen molar-refractivity contribution in [1.82, 2.24) is 4.98 Å². The van der Waals surface area contributed by atoms with E-state index < -0.39 is 0 Å². The fourth-order valence-electron chi connectivity index (χ4n) is 1.47. The van der Waals surface area contributed by atoms with Gasteiger partial charge in [0, 0.05) is 43.7 Å². The van der Waals surface area contributed by atoms with Gasteiger partial charge in [-0.25, -0.2) is 4.98 Å². The monoisotopic (exact) mass is 242 g/mol. The summed E-state index contributed by atoms with van der Waals surface area (Å²) in [6, 6.07) is 11.1. The number of carbonyl (C=O) groups excluding carboxylic acids is 1. The van der Waals surface area contributed by atoms with Crippen LogP contribution in [0.15, 0.2) is 42.6 Å². The first-order valence-corrected chi connectivity index (χ1v) is 5.55. The maximum atomic E-state index is 10.5. The lowest BCUT2D eigenvalue weighted by Gasteiger charge is -2.13. The molecule has 4 nitrogen and oxygen atoms in total. The van der Waals surface area contributed by atoms with Crippen LogP contribution in [-0.4, -0.2) is 25.4 Å². The summed E-state index contributed by atoms with van der Waals surface area (Å²) in [5, 5.41) is 0. The number of carbonyl (C=O) groups is 1. The Bertz CT molecular complexity index is 536. The number of aromatic nitrogens is 1. The molecule has 0 aliphatic rings. The Labute approximate surface area is 106 Å². The topological polar surface area (TPSA) is 42.4 Å². The molecule has 0 aliphatic carbocycles. The maximum Gasteiger partial charge on any atom is 0.219 e. The second kappa shape index (κ2) is 5.31. The molecule has 2 rings (SSSR count). The van der Waals surface area contributed by atoms with Gasteiger partial charge in [-0.2, -0.15) is 0 Å². The summed E-state index contributed by atoms with van der Waals surface area (Å²) < 4.78 is 5.61. The second-order valence-corrected chi connectivity index (χ2v) is 4.04. The summed E-state index contributed by atoms with van der Waals surface area (Å²) >= 11 is 0. The molecule has 0 N–H and O–H groups in total. The molecule has 1 aromatic heterocycles. The van der Waals surface area contributed by atoms with Gasteiger partial charge in [-0.05, 0) is 18.2 Å². The minimum Gasteiger partial charge on any atom is -0.439 e. The van der Waals surface area contributed by atoms with Crippen LogP contribution < -0.4 is 9.64 Å². The molecule has 4 heteroatoms. The lowest BCUT2D eigenvalue weighted by atomic mass is 10.3. The van der Waals surface area contributed by atoms with E-state index in [0.717, 1.165) is 12.0 Å². The fourth-order valence-corrected chi connectivity index (χ4v) is 1.47. The van der Waals surface area contributed by atoms with Crippen molar-refractivity contribution in [3.63, 3.8) is 0 Å². The number of hydrogen-bond acceptors (Lipinski definition) is 4. The van der Waals surface area contributed by atoms with E-state index in [9.17, 15) is 4.79 Å². The molecule has 0 atom stereocenters. The van der Waals surface area contributed by atoms with E-state index in [2.05, 4.69) is 4.98 Å².